The van der Waals surface area contributed by atoms with Gasteiger partial charge in [-0.1, -0.05) is 31.5 Å². The fourth-order valence-electron chi connectivity index (χ4n) is 2.38. The second-order valence-electron chi connectivity index (χ2n) is 6.60. The van der Waals surface area contributed by atoms with E-state index >= 15 is 0 Å². The van der Waals surface area contributed by atoms with Crippen LogP contribution in [0, 0.1) is 26.7 Å². The Balaban J connectivity index is 2.14. The number of nitrogens with one attached hydrogen (secondary N) is 2. The third-order valence-electron chi connectivity index (χ3n) is 3.72. The van der Waals surface area contributed by atoms with Crippen molar-refractivity contribution < 1.29 is 4.79 Å². The summed E-state index contributed by atoms with van der Waals surface area (Å²) >= 11 is 0. The number of hydrogen-bond acceptors (Lipinski definition) is 4. The number of aryl methyl sites for hydroxylation is 3. The van der Waals surface area contributed by atoms with Gasteiger partial charge in [0.2, 0.25) is 5.95 Å². The third-order valence-corrected chi connectivity index (χ3v) is 3.72. The van der Waals surface area contributed by atoms with Crippen molar-refractivity contribution in [1.29, 1.82) is 0 Å². The topological polar surface area (TPSA) is 66.9 Å². The minimum atomic E-state index is -0.162. The van der Waals surface area contributed by atoms with E-state index in [1.54, 1.807) is 6.07 Å². The average Bonchev–Trinajstić information content (AvgIpc) is 2.49. The van der Waals surface area contributed by atoms with Gasteiger partial charge in [-0.15, -0.1) is 0 Å². The first kappa shape index (κ1) is 17.9. The number of nitrogens with zero attached hydrogens (tertiary/aromatic N) is 2. The summed E-state index contributed by atoms with van der Waals surface area (Å²) in [6, 6.07) is 7.83. The van der Waals surface area contributed by atoms with E-state index in [0.717, 1.165) is 23.4 Å². The van der Waals surface area contributed by atoms with Crippen molar-refractivity contribution in [2.75, 3.05) is 11.9 Å². The Bertz CT molecular complexity index is 725. The lowest BCUT2D eigenvalue weighted by Crippen LogP contribution is -2.26. The average molecular weight is 326 g/mol. The van der Waals surface area contributed by atoms with Gasteiger partial charge in [-0.3, -0.25) is 4.79 Å². The standard InChI is InChI=1S/C19H26N4O/c1-12(2)8-9-20-18(24)17-11-15(5)21-19(23-17)22-16-7-6-13(3)10-14(16)4/h6-7,10-12H,8-9H2,1-5H3,(H,20,24)(H,21,22,23). The zero-order valence-corrected chi connectivity index (χ0v) is 15.1. The van der Waals surface area contributed by atoms with Gasteiger partial charge in [0.25, 0.3) is 5.91 Å². The molecule has 0 fully saturated rings. The van der Waals surface area contributed by atoms with E-state index in [4.69, 9.17) is 0 Å². The van der Waals surface area contributed by atoms with Gasteiger partial charge in [-0.25, -0.2) is 9.97 Å². The molecular formula is C19H26N4O. The second kappa shape index (κ2) is 7.90. The molecule has 1 aromatic carbocycles. The summed E-state index contributed by atoms with van der Waals surface area (Å²) in [5.41, 5.74) is 4.40. The highest BCUT2D eigenvalue weighted by molar-refractivity contribution is 5.92. The highest BCUT2D eigenvalue weighted by Crippen LogP contribution is 2.19. The van der Waals surface area contributed by atoms with Crippen LogP contribution in [0.1, 0.15) is 47.6 Å². The Morgan fingerprint density at radius 1 is 1.12 bits per heavy atom. The molecule has 0 aliphatic heterocycles. The molecule has 1 heterocycles. The molecule has 0 saturated carbocycles. The molecular weight excluding hydrogens is 300 g/mol. The van der Waals surface area contributed by atoms with Crippen molar-refractivity contribution in [3.63, 3.8) is 0 Å². The largest absolute Gasteiger partial charge is 0.351 e. The van der Waals surface area contributed by atoms with Gasteiger partial charge in [0.15, 0.2) is 0 Å². The molecule has 5 heteroatoms. The SMILES string of the molecule is Cc1ccc(Nc2nc(C)cc(C(=O)NCCC(C)C)n2)c(C)c1. The molecule has 128 valence electrons. The lowest BCUT2D eigenvalue weighted by Gasteiger charge is -2.11. The molecule has 0 atom stereocenters. The summed E-state index contributed by atoms with van der Waals surface area (Å²) in [4.78, 5) is 21.0. The molecule has 1 amide bonds. The maximum atomic E-state index is 12.3. The fraction of sp³-hybridized carbons (Fsp3) is 0.421. The Morgan fingerprint density at radius 2 is 1.88 bits per heavy atom. The van der Waals surface area contributed by atoms with Gasteiger partial charge < -0.3 is 10.6 Å². The summed E-state index contributed by atoms with van der Waals surface area (Å²) < 4.78 is 0. The minimum Gasteiger partial charge on any atom is -0.351 e. The van der Waals surface area contributed by atoms with Crippen LogP contribution in [0.4, 0.5) is 11.6 Å². The predicted octanol–water partition coefficient (Wildman–Crippen LogP) is 3.92. The van der Waals surface area contributed by atoms with Gasteiger partial charge in [0, 0.05) is 17.9 Å². The van der Waals surface area contributed by atoms with Crippen LogP contribution in [-0.2, 0) is 0 Å². The molecule has 2 N–H and O–H groups in total. The normalized spacial score (nSPS) is 10.8. The number of benzene rings is 1. The van der Waals surface area contributed by atoms with Crippen molar-refractivity contribution >= 4 is 17.5 Å². The van der Waals surface area contributed by atoms with Crippen LogP contribution in [0.5, 0.6) is 0 Å². The maximum Gasteiger partial charge on any atom is 0.270 e. The van der Waals surface area contributed by atoms with Crippen LogP contribution >= 0.6 is 0 Å². The van der Waals surface area contributed by atoms with Crippen molar-refractivity contribution in [2.45, 2.75) is 41.0 Å². The van der Waals surface area contributed by atoms with E-state index in [-0.39, 0.29) is 5.91 Å². The van der Waals surface area contributed by atoms with E-state index in [1.165, 1.54) is 5.56 Å². The molecule has 0 saturated heterocycles. The van der Waals surface area contributed by atoms with E-state index in [1.807, 2.05) is 26.0 Å². The number of aromatic nitrogens is 2. The number of amides is 1. The van der Waals surface area contributed by atoms with Crippen molar-refractivity contribution in [1.82, 2.24) is 15.3 Å². The molecule has 24 heavy (non-hydrogen) atoms. The lowest BCUT2D eigenvalue weighted by molar-refractivity contribution is 0.0947. The first-order valence-electron chi connectivity index (χ1n) is 8.33. The van der Waals surface area contributed by atoms with Crippen LogP contribution in [-0.4, -0.2) is 22.4 Å². The molecule has 2 aromatic rings. The van der Waals surface area contributed by atoms with Gasteiger partial charge in [-0.05, 0) is 50.8 Å². The van der Waals surface area contributed by atoms with Crippen molar-refractivity contribution in [3.05, 3.63) is 46.8 Å². The van der Waals surface area contributed by atoms with Gasteiger partial charge >= 0.3 is 0 Å². The van der Waals surface area contributed by atoms with Gasteiger partial charge in [-0.2, -0.15) is 0 Å². The summed E-state index contributed by atoms with van der Waals surface area (Å²) in [7, 11) is 0. The molecule has 5 nitrogen and oxygen atoms in total. The molecule has 0 spiro atoms. The van der Waals surface area contributed by atoms with E-state index < -0.39 is 0 Å². The molecule has 0 aliphatic carbocycles. The minimum absolute atomic E-state index is 0.162. The number of hydrogen-bond donors (Lipinski definition) is 2. The van der Waals surface area contributed by atoms with E-state index in [9.17, 15) is 4.79 Å². The Labute approximate surface area is 143 Å². The monoisotopic (exact) mass is 326 g/mol. The maximum absolute atomic E-state index is 12.3. The zero-order valence-electron chi connectivity index (χ0n) is 15.1. The Hall–Kier alpha value is -2.43. The van der Waals surface area contributed by atoms with Crippen LogP contribution in [0.15, 0.2) is 24.3 Å². The number of anilines is 2. The summed E-state index contributed by atoms with van der Waals surface area (Å²) in [5.74, 6) is 0.833. The summed E-state index contributed by atoms with van der Waals surface area (Å²) in [5, 5.41) is 6.12. The molecule has 2 rings (SSSR count). The smallest absolute Gasteiger partial charge is 0.270 e. The molecule has 0 bridgehead atoms. The molecule has 0 unspecified atom stereocenters. The predicted molar refractivity (Wildman–Crippen MR) is 97.8 cm³/mol. The molecule has 0 radical (unpaired) electrons. The van der Waals surface area contributed by atoms with Crippen LogP contribution in [0.2, 0.25) is 0 Å². The van der Waals surface area contributed by atoms with Gasteiger partial charge in [0.05, 0.1) is 0 Å². The first-order chi connectivity index (χ1) is 11.3. The summed E-state index contributed by atoms with van der Waals surface area (Å²) in [6.45, 7) is 10.9. The van der Waals surface area contributed by atoms with E-state index in [2.05, 4.69) is 47.4 Å². The highest BCUT2D eigenvalue weighted by atomic mass is 16.1. The highest BCUT2D eigenvalue weighted by Gasteiger charge is 2.11. The van der Waals surface area contributed by atoms with Crippen LogP contribution in [0.3, 0.4) is 0 Å². The molecule has 1 aromatic heterocycles. The Morgan fingerprint density at radius 3 is 2.54 bits per heavy atom. The first-order valence-corrected chi connectivity index (χ1v) is 8.33. The van der Waals surface area contributed by atoms with E-state index in [0.29, 0.717) is 24.1 Å². The fourth-order valence-corrected chi connectivity index (χ4v) is 2.38. The van der Waals surface area contributed by atoms with Crippen molar-refractivity contribution in [3.8, 4) is 0 Å². The number of carbonyl (C=O) groups is 1. The van der Waals surface area contributed by atoms with Gasteiger partial charge in [0.1, 0.15) is 5.69 Å². The number of carbonyl (C=O) groups excluding carboxylic acids is 1. The number of rotatable bonds is 6. The van der Waals surface area contributed by atoms with Crippen LogP contribution < -0.4 is 10.6 Å². The quantitative estimate of drug-likeness (QED) is 0.844. The lowest BCUT2D eigenvalue weighted by atomic mass is 10.1. The zero-order chi connectivity index (χ0) is 17.7. The Kier molecular flexibility index (Phi) is 5.90. The van der Waals surface area contributed by atoms with Crippen LogP contribution in [0.25, 0.3) is 0 Å². The summed E-state index contributed by atoms with van der Waals surface area (Å²) in [6.07, 6.45) is 0.948. The second-order valence-corrected chi connectivity index (χ2v) is 6.60. The third kappa shape index (κ3) is 5.05. The molecule has 0 aliphatic rings. The van der Waals surface area contributed by atoms with Crippen molar-refractivity contribution in [2.24, 2.45) is 5.92 Å².